The molecule has 2 aromatic rings. The number of benzene rings is 1. The van der Waals surface area contributed by atoms with Gasteiger partial charge < -0.3 is 10.8 Å². The van der Waals surface area contributed by atoms with Crippen LogP contribution in [0, 0.1) is 0 Å². The largest absolute Gasteiger partial charge is 0.399 e. The van der Waals surface area contributed by atoms with Gasteiger partial charge >= 0.3 is 0 Å². The van der Waals surface area contributed by atoms with Gasteiger partial charge in [-0.05, 0) is 29.8 Å². The lowest BCUT2D eigenvalue weighted by Gasteiger charge is -2.09. The first-order chi connectivity index (χ1) is 7.65. The summed E-state index contributed by atoms with van der Waals surface area (Å²) in [5.74, 6) is 0. The van der Waals surface area contributed by atoms with Gasteiger partial charge in [-0.15, -0.1) is 11.3 Å². The van der Waals surface area contributed by atoms with Gasteiger partial charge in [0.1, 0.15) is 0 Å². The average molecular weight is 254 g/mol. The molecule has 2 rings (SSSR count). The number of aliphatic hydroxyl groups excluding tert-OH is 1. The molecule has 0 saturated carbocycles. The zero-order chi connectivity index (χ0) is 11.5. The maximum Gasteiger partial charge on any atom is 0.0931 e. The second-order valence-corrected chi connectivity index (χ2v) is 5.39. The molecule has 1 aromatic heterocycles. The Labute approximate surface area is 103 Å². The second-order valence-electron chi connectivity index (χ2n) is 3.59. The first kappa shape index (κ1) is 11.5. The van der Waals surface area contributed by atoms with E-state index in [1.165, 1.54) is 11.3 Å². The van der Waals surface area contributed by atoms with Crippen molar-refractivity contribution < 1.29 is 5.11 Å². The number of halogens is 1. The second kappa shape index (κ2) is 4.87. The van der Waals surface area contributed by atoms with Gasteiger partial charge in [0.25, 0.3) is 0 Å². The molecule has 3 N–H and O–H groups in total. The van der Waals surface area contributed by atoms with Crippen LogP contribution in [0.5, 0.6) is 0 Å². The van der Waals surface area contributed by atoms with Crippen molar-refractivity contribution >= 4 is 28.6 Å². The smallest absolute Gasteiger partial charge is 0.0931 e. The van der Waals surface area contributed by atoms with Crippen molar-refractivity contribution in [1.29, 1.82) is 0 Å². The van der Waals surface area contributed by atoms with Gasteiger partial charge in [0, 0.05) is 17.0 Å². The van der Waals surface area contributed by atoms with E-state index in [0.29, 0.717) is 12.1 Å². The lowest BCUT2D eigenvalue weighted by molar-refractivity contribution is 0.179. The van der Waals surface area contributed by atoms with Crippen LogP contribution in [0.3, 0.4) is 0 Å². The Morgan fingerprint density at radius 1 is 1.19 bits per heavy atom. The fourth-order valence-electron chi connectivity index (χ4n) is 1.49. The standard InChI is InChI=1S/C12H12ClNOS/c13-12-6-5-10(16-12)7-11(15)8-1-3-9(14)4-2-8/h1-6,11,15H,7,14H2. The summed E-state index contributed by atoms with van der Waals surface area (Å²) in [5, 5.41) is 10.00. The van der Waals surface area contributed by atoms with Crippen molar-refractivity contribution in [3.8, 4) is 0 Å². The molecule has 1 unspecified atom stereocenters. The Morgan fingerprint density at radius 3 is 2.44 bits per heavy atom. The molecule has 0 aliphatic carbocycles. The van der Waals surface area contributed by atoms with Crippen LogP contribution in [-0.2, 0) is 6.42 Å². The molecule has 0 aliphatic rings. The Morgan fingerprint density at radius 2 is 1.88 bits per heavy atom. The summed E-state index contributed by atoms with van der Waals surface area (Å²) in [6, 6.07) is 11.1. The van der Waals surface area contributed by atoms with Gasteiger partial charge in [-0.2, -0.15) is 0 Å². The number of thiophene rings is 1. The van der Waals surface area contributed by atoms with E-state index < -0.39 is 6.10 Å². The quantitative estimate of drug-likeness (QED) is 0.825. The monoisotopic (exact) mass is 253 g/mol. The van der Waals surface area contributed by atoms with E-state index in [1.807, 2.05) is 24.3 Å². The molecular weight excluding hydrogens is 242 g/mol. The minimum absolute atomic E-state index is 0.504. The highest BCUT2D eigenvalue weighted by atomic mass is 35.5. The minimum atomic E-state index is -0.504. The van der Waals surface area contributed by atoms with Crippen LogP contribution in [0.4, 0.5) is 5.69 Å². The third kappa shape index (κ3) is 2.76. The fourth-order valence-corrected chi connectivity index (χ4v) is 2.61. The number of hydrogen-bond acceptors (Lipinski definition) is 3. The van der Waals surface area contributed by atoms with Crippen molar-refractivity contribution in [3.63, 3.8) is 0 Å². The summed E-state index contributed by atoms with van der Waals surface area (Å²) in [6.07, 6.45) is 0.0803. The molecule has 16 heavy (non-hydrogen) atoms. The van der Waals surface area contributed by atoms with E-state index in [0.717, 1.165) is 14.8 Å². The van der Waals surface area contributed by atoms with Gasteiger partial charge in [-0.1, -0.05) is 23.7 Å². The van der Waals surface area contributed by atoms with Crippen molar-refractivity contribution in [2.45, 2.75) is 12.5 Å². The summed E-state index contributed by atoms with van der Waals surface area (Å²) >= 11 is 7.33. The molecule has 1 aromatic carbocycles. The summed E-state index contributed by atoms with van der Waals surface area (Å²) in [5.41, 5.74) is 7.16. The van der Waals surface area contributed by atoms with Crippen LogP contribution < -0.4 is 5.73 Å². The third-order valence-corrected chi connectivity index (χ3v) is 3.60. The molecule has 0 radical (unpaired) electrons. The Balaban J connectivity index is 2.08. The molecular formula is C12H12ClNOS. The molecule has 1 atom stereocenters. The van der Waals surface area contributed by atoms with Crippen LogP contribution >= 0.6 is 22.9 Å². The number of nitrogens with two attached hydrogens (primary N) is 1. The minimum Gasteiger partial charge on any atom is -0.399 e. The topological polar surface area (TPSA) is 46.2 Å². The van der Waals surface area contributed by atoms with E-state index in [-0.39, 0.29) is 0 Å². The molecule has 0 aliphatic heterocycles. The molecule has 0 bridgehead atoms. The fraction of sp³-hybridized carbons (Fsp3) is 0.167. The Kier molecular flexibility index (Phi) is 3.49. The number of aliphatic hydroxyl groups is 1. The first-order valence-corrected chi connectivity index (χ1v) is 6.12. The van der Waals surface area contributed by atoms with Crippen LogP contribution in [0.15, 0.2) is 36.4 Å². The van der Waals surface area contributed by atoms with E-state index >= 15 is 0 Å². The zero-order valence-corrected chi connectivity index (χ0v) is 10.1. The van der Waals surface area contributed by atoms with Gasteiger partial charge in [-0.3, -0.25) is 0 Å². The summed E-state index contributed by atoms with van der Waals surface area (Å²) in [6.45, 7) is 0. The molecule has 0 fully saturated rings. The Hall–Kier alpha value is -1.03. The molecule has 4 heteroatoms. The lowest BCUT2D eigenvalue weighted by atomic mass is 10.1. The van der Waals surface area contributed by atoms with E-state index in [4.69, 9.17) is 17.3 Å². The van der Waals surface area contributed by atoms with Crippen LogP contribution in [0.1, 0.15) is 16.5 Å². The van der Waals surface area contributed by atoms with Crippen molar-refractivity contribution in [2.75, 3.05) is 5.73 Å². The number of rotatable bonds is 3. The molecule has 0 amide bonds. The van der Waals surface area contributed by atoms with Crippen LogP contribution in [-0.4, -0.2) is 5.11 Å². The third-order valence-electron chi connectivity index (χ3n) is 2.34. The molecule has 0 spiro atoms. The number of hydrogen-bond donors (Lipinski definition) is 2. The van der Waals surface area contributed by atoms with Gasteiger partial charge in [0.05, 0.1) is 10.4 Å². The number of nitrogen functional groups attached to an aromatic ring is 1. The molecule has 84 valence electrons. The van der Waals surface area contributed by atoms with Gasteiger partial charge in [-0.25, -0.2) is 0 Å². The highest BCUT2D eigenvalue weighted by Gasteiger charge is 2.09. The summed E-state index contributed by atoms with van der Waals surface area (Å²) < 4.78 is 0.750. The van der Waals surface area contributed by atoms with Gasteiger partial charge in [0.2, 0.25) is 0 Å². The first-order valence-electron chi connectivity index (χ1n) is 4.93. The predicted octanol–water partition coefficient (Wildman–Crippen LogP) is 3.26. The molecule has 2 nitrogen and oxygen atoms in total. The zero-order valence-electron chi connectivity index (χ0n) is 8.56. The van der Waals surface area contributed by atoms with Crippen LogP contribution in [0.25, 0.3) is 0 Å². The summed E-state index contributed by atoms with van der Waals surface area (Å²) in [4.78, 5) is 1.08. The highest BCUT2D eigenvalue weighted by Crippen LogP contribution is 2.26. The van der Waals surface area contributed by atoms with Crippen LogP contribution in [0.2, 0.25) is 4.34 Å². The normalized spacial score (nSPS) is 12.6. The number of anilines is 1. The van der Waals surface area contributed by atoms with E-state index in [9.17, 15) is 5.11 Å². The lowest BCUT2D eigenvalue weighted by Crippen LogP contribution is -2.00. The van der Waals surface area contributed by atoms with E-state index in [2.05, 4.69) is 0 Å². The van der Waals surface area contributed by atoms with Crippen molar-refractivity contribution in [2.24, 2.45) is 0 Å². The SMILES string of the molecule is Nc1ccc(C(O)Cc2ccc(Cl)s2)cc1. The maximum atomic E-state index is 10.00. The van der Waals surface area contributed by atoms with Crippen molar-refractivity contribution in [1.82, 2.24) is 0 Å². The Bertz CT molecular complexity index is 466. The van der Waals surface area contributed by atoms with Gasteiger partial charge in [0.15, 0.2) is 0 Å². The average Bonchev–Trinajstić information content (AvgIpc) is 2.65. The summed E-state index contributed by atoms with van der Waals surface area (Å²) in [7, 11) is 0. The maximum absolute atomic E-state index is 10.00. The molecule has 0 saturated heterocycles. The van der Waals surface area contributed by atoms with Crippen molar-refractivity contribution in [3.05, 3.63) is 51.2 Å². The van der Waals surface area contributed by atoms with E-state index in [1.54, 1.807) is 12.1 Å². The highest BCUT2D eigenvalue weighted by molar-refractivity contribution is 7.16. The predicted molar refractivity (Wildman–Crippen MR) is 68.8 cm³/mol. The molecule has 1 heterocycles.